The highest BCUT2D eigenvalue weighted by Crippen LogP contribution is 2.49. The van der Waals surface area contributed by atoms with Gasteiger partial charge >= 0.3 is 12.2 Å². The largest absolute Gasteiger partial charge is 0.453 e. The van der Waals surface area contributed by atoms with Crippen molar-refractivity contribution < 1.29 is 42.6 Å². The molecule has 3 aromatic rings. The van der Waals surface area contributed by atoms with Crippen LogP contribution in [0.2, 0.25) is 0 Å². The van der Waals surface area contributed by atoms with Crippen molar-refractivity contribution in [2.75, 3.05) is 32.2 Å². The van der Waals surface area contributed by atoms with Crippen molar-refractivity contribution in [2.24, 2.45) is 23.3 Å². The van der Waals surface area contributed by atoms with Crippen LogP contribution in [0.4, 0.5) is 19.7 Å². The summed E-state index contributed by atoms with van der Waals surface area (Å²) in [7, 11) is 2.43. The summed E-state index contributed by atoms with van der Waals surface area (Å²) in [6.45, 7) is 7.67. The van der Waals surface area contributed by atoms with Gasteiger partial charge in [0.05, 0.1) is 26.3 Å². The second-order valence-corrected chi connectivity index (χ2v) is 17.1. The topological polar surface area (TPSA) is 207 Å². The van der Waals surface area contributed by atoms with Gasteiger partial charge in [0.2, 0.25) is 23.6 Å². The Balaban J connectivity index is 1.40. The Bertz CT molecular complexity index is 2060. The van der Waals surface area contributed by atoms with E-state index in [0.717, 1.165) is 16.8 Å². The van der Waals surface area contributed by atoms with Gasteiger partial charge in [-0.05, 0) is 96.9 Å². The number of likely N-dealkylation sites (tertiary alicyclic amines) is 2. The summed E-state index contributed by atoms with van der Waals surface area (Å²) in [5, 5.41) is 5.26. The molecule has 3 fully saturated rings. The van der Waals surface area contributed by atoms with Crippen LogP contribution in [0.5, 0.6) is 0 Å². The van der Waals surface area contributed by atoms with Crippen LogP contribution >= 0.6 is 0 Å². The van der Waals surface area contributed by atoms with E-state index in [1.165, 1.54) is 36.2 Å². The van der Waals surface area contributed by atoms with E-state index in [4.69, 9.17) is 20.9 Å². The quantitative estimate of drug-likeness (QED) is 0.176. The van der Waals surface area contributed by atoms with Gasteiger partial charge in [0.15, 0.2) is 0 Å². The minimum absolute atomic E-state index is 0.247. The van der Waals surface area contributed by atoms with Gasteiger partial charge in [-0.1, -0.05) is 76.2 Å². The molecular weight excluding hydrogens is 798 g/mol. The first-order chi connectivity index (χ1) is 29.5. The normalized spacial score (nSPS) is 23.3. The fraction of sp³-hybridized carbons (Fsp3) is 0.478. The SMILES string of the molecule is COC(=O)N[C@H](C(=O)N1CCC[C@@]1(C(N)=O)c1cccc([C@@H]2CC[C@@H](c3cccc([C@]4(C(N)=O)CCCN4C(=O)[C@@H](NC(=O)OC)C(C)C)c3)N2c2ccc(F)cc2)c1)C(C)C. The van der Waals surface area contributed by atoms with Gasteiger partial charge in [-0.2, -0.15) is 0 Å². The first kappa shape index (κ1) is 45.3. The van der Waals surface area contributed by atoms with Crippen LogP contribution in [-0.2, 0) is 39.7 Å². The van der Waals surface area contributed by atoms with Gasteiger partial charge in [-0.25, -0.2) is 14.0 Å². The smallest absolute Gasteiger partial charge is 0.407 e. The molecule has 3 heterocycles. The van der Waals surface area contributed by atoms with Gasteiger partial charge in [-0.3, -0.25) is 19.2 Å². The van der Waals surface area contributed by atoms with Crippen molar-refractivity contribution in [3.63, 3.8) is 0 Å². The van der Waals surface area contributed by atoms with Crippen LogP contribution < -0.4 is 27.0 Å². The average Bonchev–Trinajstić information content (AvgIpc) is 4.03. The zero-order valence-electron chi connectivity index (χ0n) is 36.2. The maximum absolute atomic E-state index is 14.5. The number of carbonyl (C=O) groups excluding carboxylic acids is 6. The molecule has 0 aromatic heterocycles. The Morgan fingerprint density at radius 3 is 1.42 bits per heavy atom. The number of hydrogen-bond donors (Lipinski definition) is 4. The van der Waals surface area contributed by atoms with Crippen molar-refractivity contribution in [2.45, 2.75) is 101 Å². The van der Waals surface area contributed by atoms with Crippen LogP contribution in [-0.4, -0.2) is 85.0 Å². The van der Waals surface area contributed by atoms with Crippen molar-refractivity contribution >= 4 is 41.5 Å². The Kier molecular flexibility index (Phi) is 13.5. The molecule has 0 radical (unpaired) electrons. The number of methoxy groups -OCH3 is 2. The zero-order chi connectivity index (χ0) is 45.1. The van der Waals surface area contributed by atoms with Gasteiger partial charge < -0.3 is 46.3 Å². The number of halogens is 1. The van der Waals surface area contributed by atoms with Crippen LogP contribution in [0.3, 0.4) is 0 Å². The number of anilines is 1. The van der Waals surface area contributed by atoms with Crippen LogP contribution in [0, 0.1) is 17.7 Å². The van der Waals surface area contributed by atoms with E-state index in [1.54, 1.807) is 52.0 Å². The molecule has 0 saturated carbocycles. The van der Waals surface area contributed by atoms with Crippen molar-refractivity contribution in [3.05, 3.63) is 101 Å². The van der Waals surface area contributed by atoms with E-state index in [2.05, 4.69) is 15.5 Å². The molecule has 3 aliphatic heterocycles. The van der Waals surface area contributed by atoms with Crippen LogP contribution in [0.25, 0.3) is 0 Å². The molecule has 332 valence electrons. The van der Waals surface area contributed by atoms with Gasteiger partial charge in [0.1, 0.15) is 29.0 Å². The number of amides is 6. The fourth-order valence-corrected chi connectivity index (χ4v) is 9.81. The highest BCUT2D eigenvalue weighted by Gasteiger charge is 2.53. The maximum atomic E-state index is 14.5. The summed E-state index contributed by atoms with van der Waals surface area (Å²) >= 11 is 0. The molecule has 6 atom stereocenters. The molecule has 6 amide bonds. The molecule has 15 nitrogen and oxygen atoms in total. The molecule has 0 unspecified atom stereocenters. The first-order valence-corrected chi connectivity index (χ1v) is 21.2. The minimum Gasteiger partial charge on any atom is -0.453 e. The van der Waals surface area contributed by atoms with E-state index < -0.39 is 64.8 Å². The highest BCUT2D eigenvalue weighted by molar-refractivity contribution is 5.96. The predicted molar refractivity (Wildman–Crippen MR) is 228 cm³/mol. The molecule has 6 rings (SSSR count). The second kappa shape index (κ2) is 18.4. The summed E-state index contributed by atoms with van der Waals surface area (Å²) in [5.41, 5.74) is 12.9. The molecular formula is C46H58FN7O8. The van der Waals surface area contributed by atoms with E-state index in [-0.39, 0.29) is 49.9 Å². The Labute approximate surface area is 361 Å². The number of nitrogens with one attached hydrogen (secondary N) is 2. The van der Waals surface area contributed by atoms with Crippen LogP contribution in [0.15, 0.2) is 72.8 Å². The monoisotopic (exact) mass is 855 g/mol. The maximum Gasteiger partial charge on any atom is 0.407 e. The van der Waals surface area contributed by atoms with Gasteiger partial charge in [-0.15, -0.1) is 0 Å². The summed E-state index contributed by atoms with van der Waals surface area (Å²) < 4.78 is 24.1. The van der Waals surface area contributed by atoms with E-state index in [9.17, 15) is 33.2 Å². The third-order valence-corrected chi connectivity index (χ3v) is 12.9. The van der Waals surface area contributed by atoms with E-state index >= 15 is 0 Å². The van der Waals surface area contributed by atoms with Crippen molar-refractivity contribution in [1.29, 1.82) is 0 Å². The summed E-state index contributed by atoms with van der Waals surface area (Å²) in [6, 6.07) is 18.6. The Hall–Kier alpha value is -6.19. The molecule has 0 spiro atoms. The molecule has 0 aliphatic carbocycles. The number of nitrogens with two attached hydrogens (primary N) is 2. The number of ether oxygens (including phenoxy) is 2. The Morgan fingerprint density at radius 1 is 0.661 bits per heavy atom. The lowest BCUT2D eigenvalue weighted by Crippen LogP contribution is -2.59. The number of carbonyl (C=O) groups is 6. The van der Waals surface area contributed by atoms with Gasteiger partial charge in [0.25, 0.3) is 0 Å². The fourth-order valence-electron chi connectivity index (χ4n) is 9.81. The number of alkyl carbamates (subject to hydrolysis) is 2. The lowest BCUT2D eigenvalue weighted by atomic mass is 9.83. The molecule has 0 bridgehead atoms. The number of rotatable bonds is 13. The number of nitrogens with zero attached hydrogens (tertiary/aromatic N) is 3. The lowest BCUT2D eigenvalue weighted by molar-refractivity contribution is -0.146. The lowest BCUT2D eigenvalue weighted by Gasteiger charge is -2.40. The van der Waals surface area contributed by atoms with Gasteiger partial charge in [0, 0.05) is 18.8 Å². The summed E-state index contributed by atoms with van der Waals surface area (Å²) in [6.07, 6.45) is 1.28. The zero-order valence-corrected chi connectivity index (χ0v) is 36.2. The Morgan fingerprint density at radius 2 is 1.06 bits per heavy atom. The average molecular weight is 856 g/mol. The van der Waals surface area contributed by atoms with Crippen LogP contribution in [0.1, 0.15) is 101 Å². The molecule has 6 N–H and O–H groups in total. The highest BCUT2D eigenvalue weighted by atomic mass is 19.1. The third kappa shape index (κ3) is 8.26. The third-order valence-electron chi connectivity index (χ3n) is 12.9. The standard InChI is InChI=1S/C46H58FN7O8/c1-27(2)37(50-43(59)61-5)39(55)52-23-9-21-45(52,41(48)57)31-13-7-11-29(25-31)35-19-20-36(54(35)34-17-15-33(47)16-18-34)30-12-8-14-32(26-30)46(42(49)58)22-10-24-53(46)40(56)38(28(3)4)51-44(60)62-6/h7-8,11-18,25-28,35-38H,9-10,19-24H2,1-6H3,(H2,48,57)(H2,49,58)(H,50,59)(H,51,60)/t35-,36-,37-,38-,45-,46-/m0/s1. The summed E-state index contributed by atoms with van der Waals surface area (Å²) in [5.74, 6) is -3.34. The van der Waals surface area contributed by atoms with E-state index in [1.807, 2.05) is 36.4 Å². The van der Waals surface area contributed by atoms with Crippen molar-refractivity contribution in [1.82, 2.24) is 20.4 Å². The molecule has 3 saturated heterocycles. The first-order valence-electron chi connectivity index (χ1n) is 21.2. The molecule has 16 heteroatoms. The number of hydrogen-bond acceptors (Lipinski definition) is 9. The van der Waals surface area contributed by atoms with Crippen molar-refractivity contribution in [3.8, 4) is 0 Å². The second-order valence-electron chi connectivity index (χ2n) is 17.1. The summed E-state index contributed by atoms with van der Waals surface area (Å²) in [4.78, 5) is 85.6. The molecule has 3 aromatic carbocycles. The minimum atomic E-state index is -1.50. The predicted octanol–water partition coefficient (Wildman–Crippen LogP) is 5.28. The number of primary amides is 2. The van der Waals surface area contributed by atoms with E-state index in [0.29, 0.717) is 36.8 Å². The number of benzene rings is 3. The molecule has 62 heavy (non-hydrogen) atoms. The molecule has 3 aliphatic rings.